The second kappa shape index (κ2) is 10.0. The molecule has 0 heterocycles. The summed E-state index contributed by atoms with van der Waals surface area (Å²) in [5.74, 6) is 0. The molecule has 0 bridgehead atoms. The van der Waals surface area contributed by atoms with Gasteiger partial charge in [-0.1, -0.05) is 51.9 Å². The van der Waals surface area contributed by atoms with E-state index in [-0.39, 0.29) is 6.17 Å². The summed E-state index contributed by atoms with van der Waals surface area (Å²) >= 11 is 0. The molecule has 4 heteroatoms. The lowest BCUT2D eigenvalue weighted by molar-refractivity contribution is -0.232. The molecule has 0 aliphatic rings. The first-order chi connectivity index (χ1) is 7.59. The maximum absolute atomic E-state index is 9.29. The molecule has 0 aromatic rings. The highest BCUT2D eigenvalue weighted by Gasteiger charge is 2.15. The highest BCUT2D eigenvalue weighted by Crippen LogP contribution is 2.12. The van der Waals surface area contributed by atoms with Crippen molar-refractivity contribution in [1.29, 1.82) is 0 Å². The van der Waals surface area contributed by atoms with E-state index in [9.17, 15) is 10.4 Å². The highest BCUT2D eigenvalue weighted by molar-refractivity contribution is 4.57. The first-order valence-corrected chi connectivity index (χ1v) is 6.43. The maximum atomic E-state index is 9.29. The molecule has 0 aliphatic carbocycles. The van der Waals surface area contributed by atoms with Gasteiger partial charge in [-0.25, -0.2) is 0 Å². The standard InChI is InChI=1S/C12H28N2O2/c1-4-5-6-7-8-9-10-11-12(13(2)15)14(3)16/h12,15-16H,4-11H2,1-3H3. The fourth-order valence-corrected chi connectivity index (χ4v) is 1.90. The Morgan fingerprint density at radius 3 is 1.69 bits per heavy atom. The Morgan fingerprint density at radius 1 is 0.812 bits per heavy atom. The van der Waals surface area contributed by atoms with Gasteiger partial charge in [-0.15, -0.1) is 0 Å². The van der Waals surface area contributed by atoms with Crippen LogP contribution in [0.1, 0.15) is 58.3 Å². The van der Waals surface area contributed by atoms with Gasteiger partial charge in [-0.2, -0.15) is 10.1 Å². The molecule has 0 unspecified atom stereocenters. The van der Waals surface area contributed by atoms with Crippen LogP contribution in [-0.4, -0.2) is 40.8 Å². The Balaban J connectivity index is 3.41. The molecule has 0 rings (SSSR count). The minimum absolute atomic E-state index is 0.282. The first kappa shape index (κ1) is 15.8. The van der Waals surface area contributed by atoms with Gasteiger partial charge >= 0.3 is 0 Å². The number of rotatable bonds is 10. The summed E-state index contributed by atoms with van der Waals surface area (Å²) in [7, 11) is 3.14. The smallest absolute Gasteiger partial charge is 0.109 e. The van der Waals surface area contributed by atoms with Crippen molar-refractivity contribution in [2.45, 2.75) is 64.5 Å². The monoisotopic (exact) mass is 232 g/mol. The van der Waals surface area contributed by atoms with Crippen LogP contribution in [0.2, 0.25) is 0 Å². The number of nitrogens with zero attached hydrogens (tertiary/aromatic N) is 2. The van der Waals surface area contributed by atoms with E-state index >= 15 is 0 Å². The van der Waals surface area contributed by atoms with Crippen molar-refractivity contribution >= 4 is 0 Å². The van der Waals surface area contributed by atoms with Crippen LogP contribution in [-0.2, 0) is 0 Å². The van der Waals surface area contributed by atoms with E-state index in [0.29, 0.717) is 0 Å². The van der Waals surface area contributed by atoms with Crippen LogP contribution in [0.5, 0.6) is 0 Å². The molecule has 0 aromatic heterocycles. The molecule has 0 fully saturated rings. The lowest BCUT2D eigenvalue weighted by Gasteiger charge is -2.26. The Hall–Kier alpha value is -0.160. The molecule has 0 saturated carbocycles. The number of hydrogen-bond donors (Lipinski definition) is 2. The van der Waals surface area contributed by atoms with Crippen LogP contribution in [0.15, 0.2) is 0 Å². The van der Waals surface area contributed by atoms with Gasteiger partial charge in [0.05, 0.1) is 0 Å². The molecule has 2 N–H and O–H groups in total. The Kier molecular flexibility index (Phi) is 9.92. The van der Waals surface area contributed by atoms with Crippen molar-refractivity contribution in [2.24, 2.45) is 0 Å². The molecule has 0 amide bonds. The van der Waals surface area contributed by atoms with Crippen molar-refractivity contribution in [3.63, 3.8) is 0 Å². The second-order valence-corrected chi connectivity index (χ2v) is 4.54. The zero-order chi connectivity index (χ0) is 12.4. The predicted molar refractivity (Wildman–Crippen MR) is 65.5 cm³/mol. The van der Waals surface area contributed by atoms with Crippen LogP contribution in [0.4, 0.5) is 0 Å². The largest absolute Gasteiger partial charge is 0.313 e. The molecule has 0 saturated heterocycles. The Morgan fingerprint density at radius 2 is 1.25 bits per heavy atom. The van der Waals surface area contributed by atoms with Gasteiger partial charge in [-0.05, 0) is 6.42 Å². The second-order valence-electron chi connectivity index (χ2n) is 4.54. The average Bonchev–Trinajstić information content (AvgIpc) is 2.21. The lowest BCUT2D eigenvalue weighted by atomic mass is 10.1. The van der Waals surface area contributed by atoms with E-state index in [4.69, 9.17) is 0 Å². The van der Waals surface area contributed by atoms with Crippen molar-refractivity contribution in [3.8, 4) is 0 Å². The van der Waals surface area contributed by atoms with E-state index in [0.717, 1.165) is 23.0 Å². The minimum Gasteiger partial charge on any atom is -0.313 e. The van der Waals surface area contributed by atoms with Gasteiger partial charge in [-0.3, -0.25) is 0 Å². The Labute approximate surface area is 99.8 Å². The molecule has 0 atom stereocenters. The van der Waals surface area contributed by atoms with Crippen LogP contribution >= 0.6 is 0 Å². The summed E-state index contributed by atoms with van der Waals surface area (Å²) in [4.78, 5) is 0. The predicted octanol–water partition coefficient (Wildman–Crippen LogP) is 3.10. The molecule has 16 heavy (non-hydrogen) atoms. The summed E-state index contributed by atoms with van der Waals surface area (Å²) < 4.78 is 0. The van der Waals surface area contributed by atoms with E-state index in [1.807, 2.05) is 0 Å². The van der Waals surface area contributed by atoms with E-state index in [1.54, 1.807) is 14.1 Å². The van der Waals surface area contributed by atoms with E-state index < -0.39 is 0 Å². The van der Waals surface area contributed by atoms with Crippen LogP contribution in [0.3, 0.4) is 0 Å². The summed E-state index contributed by atoms with van der Waals surface area (Å²) in [5, 5.41) is 20.7. The van der Waals surface area contributed by atoms with E-state index in [1.165, 1.54) is 38.5 Å². The molecular weight excluding hydrogens is 204 g/mol. The fraction of sp³-hybridized carbons (Fsp3) is 1.00. The third-order valence-electron chi connectivity index (χ3n) is 2.93. The van der Waals surface area contributed by atoms with Gasteiger partial charge in [0.25, 0.3) is 0 Å². The van der Waals surface area contributed by atoms with Crippen molar-refractivity contribution < 1.29 is 10.4 Å². The number of hydroxylamine groups is 4. The Bertz CT molecular complexity index is 144. The first-order valence-electron chi connectivity index (χ1n) is 6.43. The zero-order valence-corrected chi connectivity index (χ0v) is 11.0. The third kappa shape index (κ3) is 8.05. The van der Waals surface area contributed by atoms with Gasteiger partial charge in [0.15, 0.2) is 0 Å². The molecule has 98 valence electrons. The van der Waals surface area contributed by atoms with Crippen molar-refractivity contribution in [2.75, 3.05) is 14.1 Å². The molecule has 0 aliphatic heterocycles. The van der Waals surface area contributed by atoms with Crippen LogP contribution in [0, 0.1) is 0 Å². The molecule has 0 spiro atoms. The highest BCUT2D eigenvalue weighted by atomic mass is 16.5. The van der Waals surface area contributed by atoms with Crippen molar-refractivity contribution in [1.82, 2.24) is 10.1 Å². The van der Waals surface area contributed by atoms with E-state index in [2.05, 4.69) is 6.92 Å². The quantitative estimate of drug-likeness (QED) is 0.345. The molecule has 0 radical (unpaired) electrons. The number of unbranched alkanes of at least 4 members (excludes halogenated alkanes) is 6. The summed E-state index contributed by atoms with van der Waals surface area (Å²) in [5.41, 5.74) is 0. The van der Waals surface area contributed by atoms with Crippen LogP contribution < -0.4 is 0 Å². The SMILES string of the molecule is CCCCCCCCCC(N(C)O)N(C)O. The van der Waals surface area contributed by atoms with Gasteiger partial charge in [0, 0.05) is 14.1 Å². The molecular formula is C12H28N2O2. The van der Waals surface area contributed by atoms with Crippen LogP contribution in [0.25, 0.3) is 0 Å². The average molecular weight is 232 g/mol. The third-order valence-corrected chi connectivity index (χ3v) is 2.93. The molecule has 0 aromatic carbocycles. The normalized spacial score (nSPS) is 12.0. The lowest BCUT2D eigenvalue weighted by Crippen LogP contribution is -2.41. The fourth-order valence-electron chi connectivity index (χ4n) is 1.90. The number of hydrogen-bond acceptors (Lipinski definition) is 4. The molecule has 4 nitrogen and oxygen atoms in total. The van der Waals surface area contributed by atoms with Gasteiger partial charge in [0.1, 0.15) is 6.17 Å². The maximum Gasteiger partial charge on any atom is 0.109 e. The van der Waals surface area contributed by atoms with Gasteiger partial charge in [0.2, 0.25) is 0 Å². The van der Waals surface area contributed by atoms with Gasteiger partial charge < -0.3 is 10.4 Å². The zero-order valence-electron chi connectivity index (χ0n) is 11.0. The summed E-state index contributed by atoms with van der Waals surface area (Å²) in [6, 6.07) is 0. The topological polar surface area (TPSA) is 46.9 Å². The summed E-state index contributed by atoms with van der Waals surface area (Å²) in [6.45, 7) is 2.22. The van der Waals surface area contributed by atoms with Crippen molar-refractivity contribution in [3.05, 3.63) is 0 Å². The minimum atomic E-state index is -0.282. The summed E-state index contributed by atoms with van der Waals surface area (Å²) in [6.07, 6.45) is 9.27.